The summed E-state index contributed by atoms with van der Waals surface area (Å²) in [7, 11) is 0. The number of carbonyl (C=O) groups is 3. The van der Waals surface area contributed by atoms with Gasteiger partial charge in [-0.2, -0.15) is 0 Å². The Labute approximate surface area is 232 Å². The van der Waals surface area contributed by atoms with Gasteiger partial charge in [-0.15, -0.1) is 0 Å². The summed E-state index contributed by atoms with van der Waals surface area (Å²) in [6.07, 6.45) is 5.69. The van der Waals surface area contributed by atoms with E-state index in [0.717, 1.165) is 36.5 Å². The Bertz CT molecular complexity index is 1380. The molecule has 1 aliphatic carbocycles. The van der Waals surface area contributed by atoms with Gasteiger partial charge in [0.15, 0.2) is 0 Å². The molecule has 3 aromatic rings. The van der Waals surface area contributed by atoms with Crippen LogP contribution in [0, 0.1) is 0 Å². The molecule has 0 radical (unpaired) electrons. The van der Waals surface area contributed by atoms with Gasteiger partial charge in [0.05, 0.1) is 5.69 Å². The highest BCUT2D eigenvalue weighted by atomic mass is 35.5. The molecule has 0 saturated heterocycles. The molecule has 1 saturated carbocycles. The van der Waals surface area contributed by atoms with Gasteiger partial charge in [-0.05, 0) is 54.5 Å². The van der Waals surface area contributed by atoms with E-state index >= 15 is 0 Å². The summed E-state index contributed by atoms with van der Waals surface area (Å²) in [5.41, 5.74) is 1.98. The maximum absolute atomic E-state index is 14.0. The number of amides is 3. The highest BCUT2D eigenvalue weighted by molar-refractivity contribution is 6.35. The number of halogens is 2. The first-order valence-corrected chi connectivity index (χ1v) is 14.0. The normalized spacial score (nSPS) is 16.1. The van der Waals surface area contributed by atoms with Crippen molar-refractivity contribution in [3.8, 4) is 0 Å². The van der Waals surface area contributed by atoms with Gasteiger partial charge in [0.2, 0.25) is 11.8 Å². The van der Waals surface area contributed by atoms with E-state index in [0.29, 0.717) is 33.3 Å². The van der Waals surface area contributed by atoms with Gasteiger partial charge in [-0.1, -0.05) is 79.7 Å². The third-order valence-corrected chi connectivity index (χ3v) is 8.22. The van der Waals surface area contributed by atoms with E-state index in [1.807, 2.05) is 37.3 Å². The lowest BCUT2D eigenvalue weighted by molar-refractivity contribution is -0.140. The number of nitrogens with zero attached hydrogens (tertiary/aromatic N) is 2. The zero-order chi connectivity index (χ0) is 26.8. The predicted octanol–water partition coefficient (Wildman–Crippen LogP) is 6.36. The number of hydrogen-bond acceptors (Lipinski definition) is 3. The molecular formula is C30H31Cl2N3O3. The van der Waals surface area contributed by atoms with Gasteiger partial charge in [-0.3, -0.25) is 19.3 Å². The molecule has 6 nitrogen and oxygen atoms in total. The van der Waals surface area contributed by atoms with Crippen LogP contribution in [-0.4, -0.2) is 41.2 Å². The minimum absolute atomic E-state index is 0.119. The smallest absolute Gasteiger partial charge is 0.259 e. The first-order chi connectivity index (χ1) is 18.4. The van der Waals surface area contributed by atoms with Crippen molar-refractivity contribution < 1.29 is 14.4 Å². The minimum Gasteiger partial charge on any atom is -0.352 e. The average Bonchev–Trinajstić information content (AvgIpc) is 3.18. The molecule has 0 unspecified atom stereocenters. The van der Waals surface area contributed by atoms with E-state index < -0.39 is 6.04 Å². The fraction of sp³-hybridized carbons (Fsp3) is 0.367. The average molecular weight is 553 g/mol. The zero-order valence-corrected chi connectivity index (χ0v) is 22.9. The molecule has 3 aromatic carbocycles. The van der Waals surface area contributed by atoms with Crippen LogP contribution in [0.2, 0.25) is 10.0 Å². The lowest BCUT2D eigenvalue weighted by Crippen LogP contribution is -2.53. The summed E-state index contributed by atoms with van der Waals surface area (Å²) < 4.78 is 0. The van der Waals surface area contributed by atoms with Crippen LogP contribution in [0.5, 0.6) is 0 Å². The SMILES string of the molecule is CC[C@H](C(=O)NC1CCCCC1)N(Cc1ccc(Cl)cc1Cl)C(=O)CN1C(=O)c2cccc3cccc1c23. The first-order valence-electron chi connectivity index (χ1n) is 13.2. The standard InChI is InChI=1S/C30H31Cl2N3O3/c1-2-25(29(37)33-22-10-4-3-5-11-22)34(17-20-14-15-21(31)16-24(20)32)27(36)18-35-26-13-7-9-19-8-6-12-23(28(19)26)30(35)38/h6-9,12-16,22,25H,2-5,10-11,17-18H2,1H3,(H,33,37)/t25-/m1/s1. The molecule has 2 aliphatic rings. The van der Waals surface area contributed by atoms with Crippen molar-refractivity contribution in [1.29, 1.82) is 0 Å². The van der Waals surface area contributed by atoms with Crippen molar-refractivity contribution in [3.05, 3.63) is 75.8 Å². The van der Waals surface area contributed by atoms with Crippen molar-refractivity contribution in [1.82, 2.24) is 10.2 Å². The number of rotatable bonds is 8. The Hall–Kier alpha value is -3.09. The molecule has 0 bridgehead atoms. The first kappa shape index (κ1) is 26.5. The molecule has 0 spiro atoms. The highest BCUT2D eigenvalue weighted by Gasteiger charge is 2.35. The molecule has 1 atom stereocenters. The van der Waals surface area contributed by atoms with Crippen LogP contribution in [0.3, 0.4) is 0 Å². The fourth-order valence-electron chi connectivity index (χ4n) is 5.66. The molecule has 1 heterocycles. The molecule has 3 amide bonds. The van der Waals surface area contributed by atoms with Crippen molar-refractivity contribution in [2.24, 2.45) is 0 Å². The monoisotopic (exact) mass is 551 g/mol. The molecule has 1 fully saturated rings. The summed E-state index contributed by atoms with van der Waals surface area (Å²) in [5, 5.41) is 5.90. The van der Waals surface area contributed by atoms with Gasteiger partial charge >= 0.3 is 0 Å². The summed E-state index contributed by atoms with van der Waals surface area (Å²) >= 11 is 12.6. The van der Waals surface area contributed by atoms with E-state index in [1.165, 1.54) is 11.3 Å². The lowest BCUT2D eigenvalue weighted by atomic mass is 9.95. The Morgan fingerprint density at radius 2 is 1.79 bits per heavy atom. The highest BCUT2D eigenvalue weighted by Crippen LogP contribution is 2.37. The van der Waals surface area contributed by atoms with Crippen molar-refractivity contribution in [2.75, 3.05) is 11.4 Å². The van der Waals surface area contributed by atoms with Gasteiger partial charge < -0.3 is 10.2 Å². The second kappa shape index (κ2) is 11.3. The van der Waals surface area contributed by atoms with E-state index in [-0.39, 0.29) is 36.9 Å². The van der Waals surface area contributed by atoms with Crippen LogP contribution in [-0.2, 0) is 16.1 Å². The Morgan fingerprint density at radius 3 is 2.50 bits per heavy atom. The Balaban J connectivity index is 1.44. The molecule has 198 valence electrons. The zero-order valence-electron chi connectivity index (χ0n) is 21.4. The minimum atomic E-state index is -0.702. The molecule has 0 aromatic heterocycles. The van der Waals surface area contributed by atoms with Crippen molar-refractivity contribution in [2.45, 2.75) is 64.1 Å². The van der Waals surface area contributed by atoms with Gasteiger partial charge in [0.1, 0.15) is 12.6 Å². The van der Waals surface area contributed by atoms with Gasteiger partial charge in [0, 0.05) is 33.6 Å². The maximum atomic E-state index is 14.0. The summed E-state index contributed by atoms with van der Waals surface area (Å²) in [6, 6.07) is 15.8. The lowest BCUT2D eigenvalue weighted by Gasteiger charge is -2.34. The van der Waals surface area contributed by atoms with E-state index in [1.54, 1.807) is 29.2 Å². The largest absolute Gasteiger partial charge is 0.352 e. The van der Waals surface area contributed by atoms with Crippen LogP contribution in [0.25, 0.3) is 10.8 Å². The van der Waals surface area contributed by atoms with Crippen LogP contribution < -0.4 is 10.2 Å². The van der Waals surface area contributed by atoms with Crippen LogP contribution >= 0.6 is 23.2 Å². The molecular weight excluding hydrogens is 521 g/mol. The number of benzene rings is 3. The fourth-order valence-corrected chi connectivity index (χ4v) is 6.13. The quantitative estimate of drug-likeness (QED) is 0.354. The van der Waals surface area contributed by atoms with E-state index in [2.05, 4.69) is 5.32 Å². The van der Waals surface area contributed by atoms with Gasteiger partial charge in [-0.25, -0.2) is 0 Å². The second-order valence-electron chi connectivity index (χ2n) is 10.1. The number of hydrogen-bond donors (Lipinski definition) is 1. The van der Waals surface area contributed by atoms with Crippen molar-refractivity contribution in [3.63, 3.8) is 0 Å². The van der Waals surface area contributed by atoms with Crippen LogP contribution in [0.15, 0.2) is 54.6 Å². The second-order valence-corrected chi connectivity index (χ2v) is 10.9. The van der Waals surface area contributed by atoms with Gasteiger partial charge in [0.25, 0.3) is 5.91 Å². The summed E-state index contributed by atoms with van der Waals surface area (Å²) in [4.78, 5) is 43.9. The Kier molecular flexibility index (Phi) is 7.91. The topological polar surface area (TPSA) is 69.7 Å². The summed E-state index contributed by atoms with van der Waals surface area (Å²) in [5.74, 6) is -0.704. The number of nitrogens with one attached hydrogen (secondary N) is 1. The predicted molar refractivity (Wildman–Crippen MR) is 152 cm³/mol. The molecule has 8 heteroatoms. The van der Waals surface area contributed by atoms with E-state index in [4.69, 9.17) is 23.2 Å². The number of carbonyl (C=O) groups excluding carboxylic acids is 3. The van der Waals surface area contributed by atoms with Crippen LogP contribution in [0.1, 0.15) is 61.4 Å². The molecule has 1 N–H and O–H groups in total. The number of anilines is 1. The van der Waals surface area contributed by atoms with E-state index in [9.17, 15) is 14.4 Å². The molecule has 1 aliphatic heterocycles. The maximum Gasteiger partial charge on any atom is 0.259 e. The third-order valence-electron chi connectivity index (χ3n) is 7.64. The van der Waals surface area contributed by atoms with Crippen molar-refractivity contribution >= 4 is 57.4 Å². The Morgan fingerprint density at radius 1 is 1.05 bits per heavy atom. The summed E-state index contributed by atoms with van der Waals surface area (Å²) in [6.45, 7) is 1.85. The third kappa shape index (κ3) is 5.25. The van der Waals surface area contributed by atoms with Crippen LogP contribution in [0.4, 0.5) is 5.69 Å². The molecule has 38 heavy (non-hydrogen) atoms. The molecule has 5 rings (SSSR count).